The number of nitrogens with zero attached hydrogens (tertiary/aromatic N) is 2. The summed E-state index contributed by atoms with van der Waals surface area (Å²) >= 11 is 0. The summed E-state index contributed by atoms with van der Waals surface area (Å²) in [4.78, 5) is 41.3. The molecule has 0 radical (unpaired) electrons. The number of fused-ring (bicyclic) bond motifs is 2. The molecule has 0 aromatic heterocycles. The van der Waals surface area contributed by atoms with Crippen LogP contribution in [0.2, 0.25) is 0 Å². The van der Waals surface area contributed by atoms with Gasteiger partial charge in [0.25, 0.3) is 11.7 Å². The number of benzene rings is 2. The minimum Gasteiger partial charge on any atom is -0.493 e. The highest BCUT2D eigenvalue weighted by molar-refractivity contribution is 6.53. The number of rotatable bonds is 5. The van der Waals surface area contributed by atoms with Gasteiger partial charge in [0.15, 0.2) is 11.5 Å². The number of methoxy groups -OCH3 is 3. The summed E-state index contributed by atoms with van der Waals surface area (Å²) < 4.78 is 16.0. The SMILES string of the molecule is COc1cc2c(c(OC)c1OC)C(=O)C(=O)N2CC(=O)N1CCc2ccccc2C1. The molecule has 2 aliphatic heterocycles. The van der Waals surface area contributed by atoms with Gasteiger partial charge in [-0.2, -0.15) is 0 Å². The molecule has 30 heavy (non-hydrogen) atoms. The summed E-state index contributed by atoms with van der Waals surface area (Å²) in [5.41, 5.74) is 2.68. The van der Waals surface area contributed by atoms with E-state index in [9.17, 15) is 14.4 Å². The molecule has 0 fully saturated rings. The van der Waals surface area contributed by atoms with Gasteiger partial charge in [-0.1, -0.05) is 24.3 Å². The highest BCUT2D eigenvalue weighted by Gasteiger charge is 2.42. The Morgan fingerprint density at radius 1 is 1.00 bits per heavy atom. The number of carbonyl (C=O) groups is 3. The average molecular weight is 410 g/mol. The van der Waals surface area contributed by atoms with Gasteiger partial charge in [0.2, 0.25) is 11.7 Å². The fourth-order valence-electron chi connectivity index (χ4n) is 4.02. The van der Waals surface area contributed by atoms with Crippen LogP contribution in [0.1, 0.15) is 21.5 Å². The summed E-state index contributed by atoms with van der Waals surface area (Å²) in [7, 11) is 4.25. The predicted octanol–water partition coefficient (Wildman–Crippen LogP) is 1.83. The Balaban J connectivity index is 1.65. The molecule has 156 valence electrons. The Hall–Kier alpha value is -3.55. The van der Waals surface area contributed by atoms with Gasteiger partial charge >= 0.3 is 0 Å². The summed E-state index contributed by atoms with van der Waals surface area (Å²) in [6, 6.07) is 9.51. The predicted molar refractivity (Wildman–Crippen MR) is 108 cm³/mol. The minimum absolute atomic E-state index is 0.0805. The van der Waals surface area contributed by atoms with Gasteiger partial charge in [-0.25, -0.2) is 0 Å². The molecule has 2 heterocycles. The molecule has 0 unspecified atom stereocenters. The maximum Gasteiger partial charge on any atom is 0.300 e. The molecule has 0 saturated heterocycles. The normalized spacial score (nSPS) is 15.0. The first-order valence-electron chi connectivity index (χ1n) is 9.53. The molecule has 0 N–H and O–H groups in total. The zero-order valence-corrected chi connectivity index (χ0v) is 17.1. The summed E-state index contributed by atoms with van der Waals surface area (Å²) in [5, 5.41) is 0. The number of ether oxygens (including phenoxy) is 3. The van der Waals surface area contributed by atoms with Crippen molar-refractivity contribution < 1.29 is 28.6 Å². The zero-order chi connectivity index (χ0) is 21.4. The van der Waals surface area contributed by atoms with Crippen LogP contribution < -0.4 is 19.1 Å². The van der Waals surface area contributed by atoms with Crippen molar-refractivity contribution in [3.05, 3.63) is 47.0 Å². The van der Waals surface area contributed by atoms with E-state index < -0.39 is 11.7 Å². The van der Waals surface area contributed by atoms with Gasteiger partial charge in [-0.3, -0.25) is 19.3 Å². The Kier molecular flexibility index (Phi) is 5.07. The van der Waals surface area contributed by atoms with Crippen LogP contribution in [-0.2, 0) is 22.6 Å². The molecule has 8 heteroatoms. The second-order valence-electron chi connectivity index (χ2n) is 7.09. The number of carbonyl (C=O) groups excluding carboxylic acids is 3. The fourth-order valence-corrected chi connectivity index (χ4v) is 4.02. The maximum atomic E-state index is 13.0. The molecule has 2 aromatic carbocycles. The van der Waals surface area contributed by atoms with Crippen LogP contribution in [0.3, 0.4) is 0 Å². The molecule has 0 bridgehead atoms. The van der Waals surface area contributed by atoms with Crippen molar-refractivity contribution in [1.29, 1.82) is 0 Å². The zero-order valence-electron chi connectivity index (χ0n) is 17.1. The van der Waals surface area contributed by atoms with Gasteiger partial charge in [-0.15, -0.1) is 0 Å². The van der Waals surface area contributed by atoms with Crippen molar-refractivity contribution in [1.82, 2.24) is 4.90 Å². The Labute approximate surface area is 173 Å². The van der Waals surface area contributed by atoms with E-state index in [1.165, 1.54) is 37.9 Å². The van der Waals surface area contributed by atoms with Crippen LogP contribution in [0.5, 0.6) is 17.2 Å². The van der Waals surface area contributed by atoms with Gasteiger partial charge in [0.1, 0.15) is 6.54 Å². The highest BCUT2D eigenvalue weighted by Crippen LogP contribution is 2.48. The first kappa shape index (κ1) is 19.8. The standard InChI is InChI=1S/C22H22N2O6/c1-28-16-10-15-18(21(30-3)20(16)29-2)19(26)22(27)24(15)12-17(25)23-9-8-13-6-4-5-7-14(13)11-23/h4-7,10H,8-9,11-12H2,1-3H3. The molecule has 0 spiro atoms. The van der Waals surface area contributed by atoms with E-state index >= 15 is 0 Å². The molecule has 0 aliphatic carbocycles. The van der Waals surface area contributed by atoms with E-state index in [4.69, 9.17) is 14.2 Å². The lowest BCUT2D eigenvalue weighted by atomic mass is 10.00. The van der Waals surface area contributed by atoms with Crippen molar-refractivity contribution in [3.8, 4) is 17.2 Å². The Morgan fingerprint density at radius 3 is 2.37 bits per heavy atom. The van der Waals surface area contributed by atoms with E-state index in [-0.39, 0.29) is 35.2 Å². The molecule has 4 rings (SSSR count). The largest absolute Gasteiger partial charge is 0.493 e. The van der Waals surface area contributed by atoms with Crippen LogP contribution in [0, 0.1) is 0 Å². The van der Waals surface area contributed by atoms with Gasteiger partial charge in [-0.05, 0) is 17.5 Å². The van der Waals surface area contributed by atoms with E-state index in [2.05, 4.69) is 6.07 Å². The van der Waals surface area contributed by atoms with E-state index in [1.807, 2.05) is 18.2 Å². The number of Topliss-reactive ketones (excluding diaryl/α,β-unsaturated/α-hetero) is 1. The summed E-state index contributed by atoms with van der Waals surface area (Å²) in [5.74, 6) is -1.09. The van der Waals surface area contributed by atoms with Gasteiger partial charge in [0.05, 0.1) is 32.6 Å². The van der Waals surface area contributed by atoms with Crippen molar-refractivity contribution >= 4 is 23.3 Å². The molecule has 2 aromatic rings. The number of hydrogen-bond donors (Lipinski definition) is 0. The van der Waals surface area contributed by atoms with Gasteiger partial charge < -0.3 is 19.1 Å². The third-order valence-electron chi connectivity index (χ3n) is 5.54. The molecular formula is C22H22N2O6. The van der Waals surface area contributed by atoms with Crippen molar-refractivity contribution in [3.63, 3.8) is 0 Å². The average Bonchev–Trinajstić information content (AvgIpc) is 3.01. The number of hydrogen-bond acceptors (Lipinski definition) is 6. The third kappa shape index (κ3) is 3.04. The molecule has 0 saturated carbocycles. The first-order chi connectivity index (χ1) is 14.5. The van der Waals surface area contributed by atoms with Crippen molar-refractivity contribution in [2.24, 2.45) is 0 Å². The number of anilines is 1. The number of amides is 2. The van der Waals surface area contributed by atoms with Crippen LogP contribution >= 0.6 is 0 Å². The monoisotopic (exact) mass is 410 g/mol. The lowest BCUT2D eigenvalue weighted by Gasteiger charge is -2.30. The lowest BCUT2D eigenvalue weighted by molar-refractivity contribution is -0.131. The smallest absolute Gasteiger partial charge is 0.300 e. The fraction of sp³-hybridized carbons (Fsp3) is 0.318. The van der Waals surface area contributed by atoms with Gasteiger partial charge in [0, 0.05) is 19.2 Å². The maximum absolute atomic E-state index is 13.0. The van der Waals surface area contributed by atoms with Crippen LogP contribution in [0.4, 0.5) is 5.69 Å². The Morgan fingerprint density at radius 2 is 1.70 bits per heavy atom. The molecule has 2 amide bonds. The molecule has 2 aliphatic rings. The van der Waals surface area contributed by atoms with Crippen molar-refractivity contribution in [2.45, 2.75) is 13.0 Å². The third-order valence-corrected chi connectivity index (χ3v) is 5.54. The topological polar surface area (TPSA) is 85.4 Å². The quantitative estimate of drug-likeness (QED) is 0.699. The van der Waals surface area contributed by atoms with E-state index in [0.717, 1.165) is 12.0 Å². The second kappa shape index (κ2) is 7.70. The highest BCUT2D eigenvalue weighted by atomic mass is 16.5. The first-order valence-corrected chi connectivity index (χ1v) is 9.53. The lowest BCUT2D eigenvalue weighted by Crippen LogP contribution is -2.44. The number of ketones is 1. The minimum atomic E-state index is -0.774. The second-order valence-corrected chi connectivity index (χ2v) is 7.09. The van der Waals surface area contributed by atoms with Crippen LogP contribution in [0.25, 0.3) is 0 Å². The molecule has 8 nitrogen and oxygen atoms in total. The van der Waals surface area contributed by atoms with E-state index in [0.29, 0.717) is 18.8 Å². The molecular weight excluding hydrogens is 388 g/mol. The summed E-state index contributed by atoms with van der Waals surface area (Å²) in [6.07, 6.45) is 0.754. The van der Waals surface area contributed by atoms with E-state index in [1.54, 1.807) is 4.90 Å². The van der Waals surface area contributed by atoms with Crippen LogP contribution in [0.15, 0.2) is 30.3 Å². The van der Waals surface area contributed by atoms with Crippen molar-refractivity contribution in [2.75, 3.05) is 39.3 Å². The Bertz CT molecular complexity index is 1050. The summed E-state index contributed by atoms with van der Waals surface area (Å²) in [6.45, 7) is 0.805. The van der Waals surface area contributed by atoms with Crippen LogP contribution in [-0.4, -0.2) is 56.9 Å². The molecule has 0 atom stereocenters.